The van der Waals surface area contributed by atoms with Crippen molar-refractivity contribution in [1.29, 1.82) is 0 Å². The molecule has 2 heterocycles. The molecule has 0 saturated carbocycles. The van der Waals surface area contributed by atoms with E-state index in [0.717, 1.165) is 38.3 Å². The molecule has 5 heteroatoms. The first kappa shape index (κ1) is 13.1. The van der Waals surface area contributed by atoms with Crippen molar-refractivity contribution >= 4 is 5.69 Å². The molecule has 2 aromatic rings. The number of fused-ring (bicyclic) bond motifs is 1. The van der Waals surface area contributed by atoms with Crippen LogP contribution in [0, 0.1) is 0 Å². The van der Waals surface area contributed by atoms with Crippen LogP contribution in [-0.2, 0) is 20.0 Å². The highest BCUT2D eigenvalue weighted by Crippen LogP contribution is 2.27. The van der Waals surface area contributed by atoms with Gasteiger partial charge in [0.2, 0.25) is 0 Å². The minimum Gasteiger partial charge on any atom is -0.371 e. The summed E-state index contributed by atoms with van der Waals surface area (Å²) in [6.07, 6.45) is 4.15. The monoisotopic (exact) mass is 271 g/mol. The van der Waals surface area contributed by atoms with Crippen LogP contribution in [0.4, 0.5) is 5.69 Å². The number of nitrogens with one attached hydrogen (secondary N) is 1. The smallest absolute Gasteiger partial charge is 0.0738 e. The zero-order valence-electron chi connectivity index (χ0n) is 11.9. The summed E-state index contributed by atoms with van der Waals surface area (Å²) < 4.78 is 1.81. The van der Waals surface area contributed by atoms with E-state index in [1.165, 1.54) is 17.7 Å². The lowest BCUT2D eigenvalue weighted by Gasteiger charge is -2.19. The Bertz CT molecular complexity index is 563. The van der Waals surface area contributed by atoms with E-state index >= 15 is 0 Å². The summed E-state index contributed by atoms with van der Waals surface area (Å²) in [6, 6.07) is 8.73. The summed E-state index contributed by atoms with van der Waals surface area (Å²) in [5, 5.41) is 11.2. The topological polar surface area (TPSA) is 46.0 Å². The molecule has 0 unspecified atom stereocenters. The molecular formula is C15H21N5. The largest absolute Gasteiger partial charge is 0.371 e. The number of hydrogen-bond donors (Lipinski definition) is 1. The van der Waals surface area contributed by atoms with Gasteiger partial charge in [0.1, 0.15) is 0 Å². The molecule has 5 nitrogen and oxygen atoms in total. The highest BCUT2D eigenvalue weighted by molar-refractivity contribution is 5.57. The number of aromatic nitrogens is 3. The predicted molar refractivity (Wildman–Crippen MR) is 79.7 cm³/mol. The van der Waals surface area contributed by atoms with E-state index in [1.807, 2.05) is 17.9 Å². The number of rotatable bonds is 6. The number of benzene rings is 1. The molecule has 1 aliphatic heterocycles. The first-order valence-electron chi connectivity index (χ1n) is 7.22. The van der Waals surface area contributed by atoms with E-state index in [-0.39, 0.29) is 0 Å². The highest BCUT2D eigenvalue weighted by atomic mass is 15.4. The Kier molecular flexibility index (Phi) is 3.97. The fourth-order valence-electron chi connectivity index (χ4n) is 2.72. The van der Waals surface area contributed by atoms with Crippen LogP contribution in [0.2, 0.25) is 0 Å². The van der Waals surface area contributed by atoms with Crippen LogP contribution in [0.3, 0.4) is 0 Å². The van der Waals surface area contributed by atoms with Gasteiger partial charge in [-0.2, -0.15) is 0 Å². The molecule has 20 heavy (non-hydrogen) atoms. The van der Waals surface area contributed by atoms with Gasteiger partial charge in [0.25, 0.3) is 0 Å². The summed E-state index contributed by atoms with van der Waals surface area (Å²) in [6.45, 7) is 4.13. The molecule has 0 spiro atoms. The van der Waals surface area contributed by atoms with Gasteiger partial charge in [-0.05, 0) is 31.0 Å². The van der Waals surface area contributed by atoms with Crippen molar-refractivity contribution in [3.8, 4) is 0 Å². The molecule has 0 amide bonds. The van der Waals surface area contributed by atoms with Crippen LogP contribution in [0.15, 0.2) is 30.5 Å². The van der Waals surface area contributed by atoms with Crippen LogP contribution in [0.1, 0.15) is 17.7 Å². The molecule has 1 N–H and O–H groups in total. The van der Waals surface area contributed by atoms with E-state index in [0.29, 0.717) is 0 Å². The van der Waals surface area contributed by atoms with Gasteiger partial charge in [0, 0.05) is 32.4 Å². The maximum atomic E-state index is 3.92. The summed E-state index contributed by atoms with van der Waals surface area (Å²) in [5.41, 5.74) is 4.03. The Morgan fingerprint density at radius 2 is 2.20 bits per heavy atom. The molecule has 106 valence electrons. The Labute approximate surface area is 119 Å². The second-order valence-corrected chi connectivity index (χ2v) is 5.25. The Morgan fingerprint density at radius 1 is 1.30 bits per heavy atom. The van der Waals surface area contributed by atoms with Crippen molar-refractivity contribution in [3.63, 3.8) is 0 Å². The normalized spacial score (nSPS) is 13.8. The molecule has 3 rings (SSSR count). The van der Waals surface area contributed by atoms with Gasteiger partial charge < -0.3 is 10.2 Å². The Hall–Kier alpha value is -1.88. The molecule has 0 radical (unpaired) electrons. The van der Waals surface area contributed by atoms with Crippen LogP contribution >= 0.6 is 0 Å². The van der Waals surface area contributed by atoms with Crippen molar-refractivity contribution < 1.29 is 0 Å². The number of aryl methyl sites for hydroxylation is 1. The molecule has 0 fully saturated rings. The zero-order chi connectivity index (χ0) is 13.8. The second-order valence-electron chi connectivity index (χ2n) is 5.25. The zero-order valence-corrected chi connectivity index (χ0v) is 11.9. The minimum atomic E-state index is 0.833. The molecule has 1 aromatic carbocycles. The van der Waals surface area contributed by atoms with E-state index in [4.69, 9.17) is 0 Å². The molecule has 1 aliphatic rings. The molecule has 1 aromatic heterocycles. The van der Waals surface area contributed by atoms with Crippen molar-refractivity contribution in [3.05, 3.63) is 41.7 Å². The summed E-state index contributed by atoms with van der Waals surface area (Å²) in [7, 11) is 1.92. The lowest BCUT2D eigenvalue weighted by Crippen LogP contribution is -2.26. The predicted octanol–water partition coefficient (Wildman–Crippen LogP) is 1.36. The van der Waals surface area contributed by atoms with Gasteiger partial charge in [-0.3, -0.25) is 4.68 Å². The lowest BCUT2D eigenvalue weighted by molar-refractivity contribution is 0.597. The number of anilines is 1. The van der Waals surface area contributed by atoms with Gasteiger partial charge in [-0.25, -0.2) is 0 Å². The van der Waals surface area contributed by atoms with Crippen molar-refractivity contribution in [2.45, 2.75) is 19.4 Å². The first-order valence-corrected chi connectivity index (χ1v) is 7.22. The lowest BCUT2D eigenvalue weighted by atomic mass is 10.2. The van der Waals surface area contributed by atoms with Gasteiger partial charge in [0.05, 0.1) is 11.9 Å². The minimum absolute atomic E-state index is 0.833. The fourth-order valence-corrected chi connectivity index (χ4v) is 2.72. The van der Waals surface area contributed by atoms with Gasteiger partial charge in [0.15, 0.2) is 0 Å². The number of nitrogens with zero attached hydrogens (tertiary/aromatic N) is 4. The Balaban J connectivity index is 1.40. The van der Waals surface area contributed by atoms with Gasteiger partial charge in [-0.15, -0.1) is 5.10 Å². The van der Waals surface area contributed by atoms with Crippen molar-refractivity contribution in [1.82, 2.24) is 20.3 Å². The quantitative estimate of drug-likeness (QED) is 0.806. The van der Waals surface area contributed by atoms with E-state index in [1.54, 1.807) is 0 Å². The van der Waals surface area contributed by atoms with Crippen molar-refractivity contribution in [2.24, 2.45) is 7.05 Å². The van der Waals surface area contributed by atoms with E-state index in [9.17, 15) is 0 Å². The maximum Gasteiger partial charge on any atom is 0.0738 e. The molecule has 0 atom stereocenters. The van der Waals surface area contributed by atoms with Crippen LogP contribution in [-0.4, -0.2) is 34.6 Å². The fraction of sp³-hybridized carbons (Fsp3) is 0.467. The van der Waals surface area contributed by atoms with E-state index in [2.05, 4.69) is 44.8 Å². The molecule has 0 aliphatic carbocycles. The maximum absolute atomic E-state index is 3.92. The van der Waals surface area contributed by atoms with E-state index < -0.39 is 0 Å². The molecular weight excluding hydrogens is 250 g/mol. The van der Waals surface area contributed by atoms with Crippen molar-refractivity contribution in [2.75, 3.05) is 24.5 Å². The first-order chi connectivity index (χ1) is 9.84. The summed E-state index contributed by atoms with van der Waals surface area (Å²) in [5.74, 6) is 0. The number of para-hydroxylation sites is 1. The summed E-state index contributed by atoms with van der Waals surface area (Å²) in [4.78, 5) is 2.49. The van der Waals surface area contributed by atoms with Crippen LogP contribution in [0.5, 0.6) is 0 Å². The molecule has 0 bridgehead atoms. The van der Waals surface area contributed by atoms with Crippen LogP contribution < -0.4 is 10.2 Å². The standard InChI is InChI=1S/C15H21N5/c1-19-14(12-17-18-19)11-16-8-4-9-20-10-7-13-5-2-3-6-15(13)20/h2-3,5-6,12,16H,4,7-11H2,1H3. The molecule has 0 saturated heterocycles. The van der Waals surface area contributed by atoms with Gasteiger partial charge >= 0.3 is 0 Å². The average Bonchev–Trinajstić information content (AvgIpc) is 3.06. The van der Waals surface area contributed by atoms with Gasteiger partial charge in [-0.1, -0.05) is 23.4 Å². The highest BCUT2D eigenvalue weighted by Gasteiger charge is 2.17. The third-order valence-electron chi connectivity index (χ3n) is 3.88. The second kappa shape index (κ2) is 6.05. The third kappa shape index (κ3) is 2.82. The Morgan fingerprint density at radius 3 is 3.05 bits per heavy atom. The summed E-state index contributed by atoms with van der Waals surface area (Å²) >= 11 is 0. The SMILES string of the molecule is Cn1nncc1CNCCCN1CCc2ccccc21. The van der Waals surface area contributed by atoms with Crippen LogP contribution in [0.25, 0.3) is 0 Å². The average molecular weight is 271 g/mol. The number of hydrogen-bond acceptors (Lipinski definition) is 4. The third-order valence-corrected chi connectivity index (χ3v) is 3.88.